The van der Waals surface area contributed by atoms with E-state index in [2.05, 4.69) is 37.2 Å². The molecule has 6 heteroatoms. The van der Waals surface area contributed by atoms with Crippen LogP contribution in [0.5, 0.6) is 0 Å². The van der Waals surface area contributed by atoms with Crippen LogP contribution in [-0.2, 0) is 11.2 Å². The topological polar surface area (TPSA) is 29.1 Å². The summed E-state index contributed by atoms with van der Waals surface area (Å²) in [6.45, 7) is 0. The van der Waals surface area contributed by atoms with Crippen LogP contribution in [-0.4, -0.2) is 5.91 Å². The molecule has 0 spiro atoms. The summed E-state index contributed by atoms with van der Waals surface area (Å²) in [6.07, 6.45) is 0.366. The molecule has 1 amide bonds. The number of benzene rings is 2. The predicted molar refractivity (Wildman–Crippen MR) is 93.3 cm³/mol. The molecule has 0 aromatic heterocycles. The minimum atomic E-state index is -0.388. The Bertz CT molecular complexity index is 749. The Morgan fingerprint density at radius 3 is 2.62 bits per heavy atom. The molecule has 0 saturated carbocycles. The zero-order valence-corrected chi connectivity index (χ0v) is 15.3. The quantitative estimate of drug-likeness (QED) is 0.586. The zero-order chi connectivity index (χ0) is 15.1. The van der Waals surface area contributed by atoms with Crippen LogP contribution in [0, 0.1) is 0 Å². The average Bonchev–Trinajstić information content (AvgIpc) is 2.76. The first-order valence-corrected chi connectivity index (χ1v) is 8.57. The van der Waals surface area contributed by atoms with E-state index in [9.17, 15) is 4.79 Å². The number of carbonyl (C=O) groups excluding carboxylic acids is 1. The molecule has 3 rings (SSSR count). The first-order valence-electron chi connectivity index (χ1n) is 6.17. The molecule has 1 heterocycles. The third kappa shape index (κ3) is 3.00. The van der Waals surface area contributed by atoms with E-state index in [1.807, 2.05) is 24.3 Å². The second-order valence-electron chi connectivity index (χ2n) is 4.78. The number of anilines is 1. The Morgan fingerprint density at radius 1 is 1.14 bits per heavy atom. The van der Waals surface area contributed by atoms with Crippen LogP contribution in [0.2, 0.25) is 5.02 Å². The molecule has 2 aromatic carbocycles. The maximum absolute atomic E-state index is 11.5. The van der Waals surface area contributed by atoms with E-state index in [4.69, 9.17) is 23.2 Å². The van der Waals surface area contributed by atoms with Crippen molar-refractivity contribution < 1.29 is 4.79 Å². The zero-order valence-electron chi connectivity index (χ0n) is 10.6. The molecular weight excluding hydrogens is 441 g/mol. The van der Waals surface area contributed by atoms with Gasteiger partial charge in [0.25, 0.3) is 0 Å². The standard InChI is InChI=1S/C15H9Br2Cl2NO/c16-8-1-2-9(11(17)5-8)15(19)10-3-7-4-14(21)20-13(7)6-12(10)18/h1-3,5-6,15H,4H2,(H,20,21). The lowest BCUT2D eigenvalue weighted by molar-refractivity contribution is -0.115. The molecule has 1 aliphatic heterocycles. The Balaban J connectivity index is 2.04. The van der Waals surface area contributed by atoms with Crippen molar-refractivity contribution in [3.05, 3.63) is 61.0 Å². The summed E-state index contributed by atoms with van der Waals surface area (Å²) in [6, 6.07) is 9.48. The highest BCUT2D eigenvalue weighted by Gasteiger charge is 2.23. The van der Waals surface area contributed by atoms with Gasteiger partial charge in [-0.3, -0.25) is 4.79 Å². The van der Waals surface area contributed by atoms with E-state index in [-0.39, 0.29) is 11.3 Å². The molecular formula is C15H9Br2Cl2NO. The minimum absolute atomic E-state index is 0.0193. The van der Waals surface area contributed by atoms with Crippen LogP contribution in [0.4, 0.5) is 5.69 Å². The van der Waals surface area contributed by atoms with Crippen LogP contribution >= 0.6 is 55.1 Å². The average molecular weight is 450 g/mol. The molecule has 0 bridgehead atoms. The van der Waals surface area contributed by atoms with Gasteiger partial charge in [0.05, 0.1) is 11.8 Å². The van der Waals surface area contributed by atoms with Crippen molar-refractivity contribution in [1.82, 2.24) is 0 Å². The molecule has 2 nitrogen and oxygen atoms in total. The summed E-state index contributed by atoms with van der Waals surface area (Å²) in [5.41, 5.74) is 3.43. The van der Waals surface area contributed by atoms with Crippen LogP contribution in [0.15, 0.2) is 39.3 Å². The van der Waals surface area contributed by atoms with Crippen LogP contribution < -0.4 is 5.32 Å². The maximum Gasteiger partial charge on any atom is 0.228 e. The fraction of sp³-hybridized carbons (Fsp3) is 0.133. The molecule has 0 saturated heterocycles. The monoisotopic (exact) mass is 447 g/mol. The Labute approximate surface area is 149 Å². The van der Waals surface area contributed by atoms with Gasteiger partial charge in [-0.2, -0.15) is 0 Å². The summed E-state index contributed by atoms with van der Waals surface area (Å²) < 4.78 is 1.87. The molecule has 0 radical (unpaired) electrons. The van der Waals surface area contributed by atoms with Gasteiger partial charge in [0.15, 0.2) is 0 Å². The highest BCUT2D eigenvalue weighted by molar-refractivity contribution is 9.11. The lowest BCUT2D eigenvalue weighted by Gasteiger charge is -2.15. The summed E-state index contributed by atoms with van der Waals surface area (Å²) in [7, 11) is 0. The number of amides is 1. The highest BCUT2D eigenvalue weighted by atomic mass is 79.9. The van der Waals surface area contributed by atoms with Crippen molar-refractivity contribution in [2.75, 3.05) is 5.32 Å². The van der Waals surface area contributed by atoms with Crippen LogP contribution in [0.25, 0.3) is 0 Å². The number of hydrogen-bond donors (Lipinski definition) is 1. The summed E-state index contributed by atoms with van der Waals surface area (Å²) >= 11 is 19.9. The smallest absolute Gasteiger partial charge is 0.228 e. The molecule has 1 aliphatic rings. The number of rotatable bonds is 2. The van der Waals surface area contributed by atoms with Gasteiger partial charge in [0.1, 0.15) is 0 Å². The van der Waals surface area contributed by atoms with E-state index >= 15 is 0 Å². The van der Waals surface area contributed by atoms with E-state index in [1.54, 1.807) is 6.07 Å². The first kappa shape index (κ1) is 15.3. The third-order valence-electron chi connectivity index (χ3n) is 3.36. The van der Waals surface area contributed by atoms with Crippen molar-refractivity contribution in [2.24, 2.45) is 0 Å². The van der Waals surface area contributed by atoms with E-state index in [1.165, 1.54) is 0 Å². The molecule has 21 heavy (non-hydrogen) atoms. The van der Waals surface area contributed by atoms with Gasteiger partial charge < -0.3 is 5.32 Å². The number of carbonyl (C=O) groups is 1. The van der Waals surface area contributed by atoms with Gasteiger partial charge >= 0.3 is 0 Å². The lowest BCUT2D eigenvalue weighted by atomic mass is 10.0. The van der Waals surface area contributed by atoms with Crippen molar-refractivity contribution in [3.63, 3.8) is 0 Å². The van der Waals surface area contributed by atoms with Crippen molar-refractivity contribution in [3.8, 4) is 0 Å². The maximum atomic E-state index is 11.5. The largest absolute Gasteiger partial charge is 0.325 e. The molecule has 1 unspecified atom stereocenters. The fourth-order valence-electron chi connectivity index (χ4n) is 2.34. The minimum Gasteiger partial charge on any atom is -0.325 e. The third-order valence-corrected chi connectivity index (χ3v) is 5.33. The second kappa shape index (κ2) is 5.92. The molecule has 2 aromatic rings. The second-order valence-corrected chi connectivity index (χ2v) is 7.40. The Hall–Kier alpha value is -0.550. The highest BCUT2D eigenvalue weighted by Crippen LogP contribution is 2.41. The van der Waals surface area contributed by atoms with Crippen molar-refractivity contribution >= 4 is 66.7 Å². The predicted octanol–water partition coefficient (Wildman–Crippen LogP) is 5.69. The van der Waals surface area contributed by atoms with E-state index in [0.29, 0.717) is 11.4 Å². The van der Waals surface area contributed by atoms with Gasteiger partial charge in [-0.05, 0) is 41.0 Å². The molecule has 108 valence electrons. The van der Waals surface area contributed by atoms with E-state index in [0.717, 1.165) is 31.3 Å². The SMILES string of the molecule is O=C1Cc2cc(C(Cl)c3ccc(Br)cc3Br)c(Cl)cc2N1. The van der Waals surface area contributed by atoms with Crippen LogP contribution in [0.3, 0.4) is 0 Å². The number of hydrogen-bond acceptors (Lipinski definition) is 1. The number of fused-ring (bicyclic) bond motifs is 1. The normalized spacial score (nSPS) is 14.8. The van der Waals surface area contributed by atoms with Gasteiger partial charge in [-0.15, -0.1) is 11.6 Å². The summed E-state index contributed by atoms with van der Waals surface area (Å²) in [5.74, 6) is -0.0193. The van der Waals surface area contributed by atoms with Gasteiger partial charge in [0, 0.05) is 19.7 Å². The molecule has 1 N–H and O–H groups in total. The Kier molecular flexibility index (Phi) is 4.33. The number of halogens is 4. The van der Waals surface area contributed by atoms with E-state index < -0.39 is 0 Å². The van der Waals surface area contributed by atoms with Gasteiger partial charge in [0.2, 0.25) is 5.91 Å². The molecule has 0 aliphatic carbocycles. The van der Waals surface area contributed by atoms with Gasteiger partial charge in [-0.25, -0.2) is 0 Å². The van der Waals surface area contributed by atoms with Crippen LogP contribution in [0.1, 0.15) is 22.1 Å². The van der Waals surface area contributed by atoms with Crippen molar-refractivity contribution in [2.45, 2.75) is 11.8 Å². The molecule has 0 fully saturated rings. The number of nitrogens with one attached hydrogen (secondary N) is 1. The number of alkyl halides is 1. The van der Waals surface area contributed by atoms with Gasteiger partial charge in [-0.1, -0.05) is 49.5 Å². The van der Waals surface area contributed by atoms with Crippen molar-refractivity contribution in [1.29, 1.82) is 0 Å². The lowest BCUT2D eigenvalue weighted by Crippen LogP contribution is -2.03. The first-order chi connectivity index (χ1) is 9.95. The fourth-order valence-corrected chi connectivity index (χ4v) is 4.44. The molecule has 1 atom stereocenters. The summed E-state index contributed by atoms with van der Waals surface area (Å²) in [4.78, 5) is 11.5. The summed E-state index contributed by atoms with van der Waals surface area (Å²) in [5, 5.41) is 2.94. The Morgan fingerprint density at radius 2 is 1.90 bits per heavy atom.